The van der Waals surface area contributed by atoms with Crippen molar-refractivity contribution in [2.75, 3.05) is 10.6 Å². The molecule has 3 rings (SSSR count). The molecule has 0 radical (unpaired) electrons. The van der Waals surface area contributed by atoms with Gasteiger partial charge in [-0.05, 0) is 73.5 Å². The minimum absolute atomic E-state index is 0.0325. The zero-order valence-corrected chi connectivity index (χ0v) is 18.1. The topological polar surface area (TPSA) is 67.4 Å². The molecule has 3 aromatic rings. The lowest BCUT2D eigenvalue weighted by molar-refractivity contribution is -0.137. The van der Waals surface area contributed by atoms with Crippen molar-refractivity contribution < 1.29 is 27.5 Å². The summed E-state index contributed by atoms with van der Waals surface area (Å²) in [4.78, 5) is 24.8. The van der Waals surface area contributed by atoms with E-state index in [2.05, 4.69) is 10.6 Å². The molecule has 0 aliphatic carbocycles. The Morgan fingerprint density at radius 1 is 0.909 bits per heavy atom. The van der Waals surface area contributed by atoms with E-state index in [0.29, 0.717) is 11.4 Å². The maximum absolute atomic E-state index is 12.8. The van der Waals surface area contributed by atoms with Crippen molar-refractivity contribution in [3.8, 4) is 5.75 Å². The molecular formula is C25H23F3N2O3. The van der Waals surface area contributed by atoms with Gasteiger partial charge in [-0.1, -0.05) is 25.1 Å². The van der Waals surface area contributed by atoms with Crippen molar-refractivity contribution in [2.45, 2.75) is 32.5 Å². The Hall–Kier alpha value is -3.81. The molecule has 3 aromatic carbocycles. The molecular weight excluding hydrogens is 433 g/mol. The number of hydrogen-bond acceptors (Lipinski definition) is 3. The van der Waals surface area contributed by atoms with E-state index in [9.17, 15) is 22.8 Å². The molecule has 2 N–H and O–H groups in total. The predicted octanol–water partition coefficient (Wildman–Crippen LogP) is 5.93. The Morgan fingerprint density at radius 3 is 2.18 bits per heavy atom. The van der Waals surface area contributed by atoms with E-state index in [4.69, 9.17) is 4.74 Å². The number of rotatable bonds is 7. The molecule has 8 heteroatoms. The number of ether oxygens (including phenoxy) is 1. The second kappa shape index (κ2) is 10.2. The van der Waals surface area contributed by atoms with E-state index >= 15 is 0 Å². The van der Waals surface area contributed by atoms with Gasteiger partial charge in [0.1, 0.15) is 5.75 Å². The number of alkyl halides is 3. The first-order chi connectivity index (χ1) is 15.7. The summed E-state index contributed by atoms with van der Waals surface area (Å²) in [5, 5.41) is 5.14. The molecule has 0 aliphatic heterocycles. The first-order valence-corrected chi connectivity index (χ1v) is 10.3. The molecule has 172 valence electrons. The maximum atomic E-state index is 12.8. The van der Waals surface area contributed by atoms with Crippen LogP contribution in [-0.4, -0.2) is 17.9 Å². The second-order valence-corrected chi connectivity index (χ2v) is 7.36. The van der Waals surface area contributed by atoms with Crippen molar-refractivity contribution in [3.05, 3.63) is 89.5 Å². The van der Waals surface area contributed by atoms with Crippen LogP contribution in [-0.2, 0) is 17.4 Å². The lowest BCUT2D eigenvalue weighted by Crippen LogP contribution is -2.30. The summed E-state index contributed by atoms with van der Waals surface area (Å²) < 4.78 is 44.1. The molecule has 0 saturated heterocycles. The van der Waals surface area contributed by atoms with Gasteiger partial charge in [-0.2, -0.15) is 13.2 Å². The smallest absolute Gasteiger partial charge is 0.416 e. The maximum Gasteiger partial charge on any atom is 0.416 e. The molecule has 0 bridgehead atoms. The van der Waals surface area contributed by atoms with Gasteiger partial charge in [0.2, 0.25) is 0 Å². The number of carbonyl (C=O) groups is 2. The number of halogens is 3. The molecule has 33 heavy (non-hydrogen) atoms. The third kappa shape index (κ3) is 6.58. The SMILES string of the molecule is CCc1ccc(OC(C)C(=O)Nc2ccc(C(=O)Nc3cccc(C(F)(F)F)c3)cc2)cc1. The van der Waals surface area contributed by atoms with Crippen LogP contribution in [0.25, 0.3) is 0 Å². The third-order valence-corrected chi connectivity index (χ3v) is 4.88. The minimum atomic E-state index is -4.50. The van der Waals surface area contributed by atoms with Gasteiger partial charge in [0, 0.05) is 16.9 Å². The molecule has 2 amide bonds. The van der Waals surface area contributed by atoms with E-state index in [0.717, 1.165) is 24.1 Å². The Kier molecular flexibility index (Phi) is 7.37. The largest absolute Gasteiger partial charge is 0.481 e. The quantitative estimate of drug-likeness (QED) is 0.463. The average Bonchev–Trinajstić information content (AvgIpc) is 2.79. The highest BCUT2D eigenvalue weighted by Gasteiger charge is 2.30. The van der Waals surface area contributed by atoms with Gasteiger partial charge >= 0.3 is 6.18 Å². The second-order valence-electron chi connectivity index (χ2n) is 7.36. The summed E-state index contributed by atoms with van der Waals surface area (Å²) in [6.07, 6.45) is -4.34. The van der Waals surface area contributed by atoms with E-state index in [1.807, 2.05) is 19.1 Å². The normalized spacial score (nSPS) is 12.0. The van der Waals surface area contributed by atoms with Crippen molar-refractivity contribution in [3.63, 3.8) is 0 Å². The predicted molar refractivity (Wildman–Crippen MR) is 120 cm³/mol. The van der Waals surface area contributed by atoms with E-state index in [1.165, 1.54) is 36.4 Å². The first-order valence-electron chi connectivity index (χ1n) is 10.3. The van der Waals surface area contributed by atoms with Crippen LogP contribution in [0.3, 0.4) is 0 Å². The van der Waals surface area contributed by atoms with Gasteiger partial charge in [0.15, 0.2) is 6.10 Å². The van der Waals surface area contributed by atoms with Crippen molar-refractivity contribution in [1.29, 1.82) is 0 Å². The monoisotopic (exact) mass is 456 g/mol. The minimum Gasteiger partial charge on any atom is -0.481 e. The fourth-order valence-electron chi connectivity index (χ4n) is 2.99. The zero-order valence-electron chi connectivity index (χ0n) is 18.1. The highest BCUT2D eigenvalue weighted by molar-refractivity contribution is 6.04. The molecule has 0 spiro atoms. The fourth-order valence-corrected chi connectivity index (χ4v) is 2.99. The van der Waals surface area contributed by atoms with Gasteiger partial charge in [-0.15, -0.1) is 0 Å². The van der Waals surface area contributed by atoms with Crippen LogP contribution in [0.15, 0.2) is 72.8 Å². The Labute approximate surface area is 189 Å². The molecule has 1 unspecified atom stereocenters. The fraction of sp³-hybridized carbons (Fsp3) is 0.200. The van der Waals surface area contributed by atoms with Gasteiger partial charge in [0.05, 0.1) is 5.56 Å². The van der Waals surface area contributed by atoms with Crippen LogP contribution in [0, 0.1) is 0 Å². The number of hydrogen-bond donors (Lipinski definition) is 2. The molecule has 0 saturated carbocycles. The number of aryl methyl sites for hydroxylation is 1. The summed E-state index contributed by atoms with van der Waals surface area (Å²) in [6, 6.07) is 17.9. The lowest BCUT2D eigenvalue weighted by atomic mass is 10.1. The van der Waals surface area contributed by atoms with Crippen LogP contribution in [0.1, 0.15) is 35.3 Å². The summed E-state index contributed by atoms with van der Waals surface area (Å²) >= 11 is 0. The van der Waals surface area contributed by atoms with Crippen LogP contribution >= 0.6 is 0 Å². The Balaban J connectivity index is 1.57. The van der Waals surface area contributed by atoms with Crippen molar-refractivity contribution in [1.82, 2.24) is 0 Å². The number of nitrogens with one attached hydrogen (secondary N) is 2. The van der Waals surface area contributed by atoms with Crippen LogP contribution in [0.4, 0.5) is 24.5 Å². The van der Waals surface area contributed by atoms with E-state index < -0.39 is 23.8 Å². The van der Waals surface area contributed by atoms with Crippen molar-refractivity contribution in [2.24, 2.45) is 0 Å². The van der Waals surface area contributed by atoms with Gasteiger partial charge in [0.25, 0.3) is 11.8 Å². The zero-order chi connectivity index (χ0) is 24.0. The molecule has 0 heterocycles. The van der Waals surface area contributed by atoms with Crippen molar-refractivity contribution >= 4 is 23.2 Å². The van der Waals surface area contributed by atoms with Crippen LogP contribution < -0.4 is 15.4 Å². The summed E-state index contributed by atoms with van der Waals surface area (Å²) in [7, 11) is 0. The number of carbonyl (C=O) groups excluding carboxylic acids is 2. The number of amides is 2. The standard InChI is InChI=1S/C25H23F3N2O3/c1-3-17-7-13-22(14-8-17)33-16(2)23(31)29-20-11-9-18(10-12-20)24(32)30-21-6-4-5-19(15-21)25(26,27)28/h4-16H,3H2,1-2H3,(H,29,31)(H,30,32). The lowest BCUT2D eigenvalue weighted by Gasteiger charge is -2.15. The summed E-state index contributed by atoms with van der Waals surface area (Å²) in [6.45, 7) is 3.67. The van der Waals surface area contributed by atoms with Crippen LogP contribution in [0.2, 0.25) is 0 Å². The number of benzene rings is 3. The van der Waals surface area contributed by atoms with Gasteiger partial charge in [-0.3, -0.25) is 9.59 Å². The molecule has 0 aromatic heterocycles. The molecule has 0 aliphatic rings. The molecule has 0 fully saturated rings. The average molecular weight is 456 g/mol. The molecule has 1 atom stereocenters. The summed E-state index contributed by atoms with van der Waals surface area (Å²) in [5.74, 6) is -0.355. The van der Waals surface area contributed by atoms with E-state index in [-0.39, 0.29) is 17.2 Å². The molecule has 5 nitrogen and oxygen atoms in total. The highest BCUT2D eigenvalue weighted by Crippen LogP contribution is 2.30. The third-order valence-electron chi connectivity index (χ3n) is 4.88. The van der Waals surface area contributed by atoms with E-state index in [1.54, 1.807) is 19.1 Å². The number of anilines is 2. The van der Waals surface area contributed by atoms with Gasteiger partial charge < -0.3 is 15.4 Å². The summed E-state index contributed by atoms with van der Waals surface area (Å²) in [5.41, 5.74) is 1.02. The van der Waals surface area contributed by atoms with Crippen LogP contribution in [0.5, 0.6) is 5.75 Å². The Morgan fingerprint density at radius 2 is 1.58 bits per heavy atom. The first kappa shape index (κ1) is 23.8. The Bertz CT molecular complexity index is 1110. The highest BCUT2D eigenvalue weighted by atomic mass is 19.4. The van der Waals surface area contributed by atoms with Gasteiger partial charge in [-0.25, -0.2) is 0 Å².